The normalized spacial score (nSPS) is 26.5. The van der Waals surface area contributed by atoms with Crippen molar-refractivity contribution in [3.05, 3.63) is 29.8 Å². The minimum absolute atomic E-state index is 0.0499. The number of hydrogen-bond donors (Lipinski definition) is 2. The SMILES string of the molecule is COc1cccc(CC2(CCC(=O)NC3CCOC(C)(C)C3)CCC(=O)N2)c1. The Labute approximate surface area is 167 Å². The van der Waals surface area contributed by atoms with Crippen LogP contribution in [-0.4, -0.2) is 42.7 Å². The zero-order valence-electron chi connectivity index (χ0n) is 17.2. The molecule has 1 aromatic carbocycles. The van der Waals surface area contributed by atoms with E-state index in [9.17, 15) is 9.59 Å². The van der Waals surface area contributed by atoms with E-state index in [1.807, 2.05) is 24.3 Å². The Morgan fingerprint density at radius 3 is 2.89 bits per heavy atom. The summed E-state index contributed by atoms with van der Waals surface area (Å²) in [6.45, 7) is 4.79. The summed E-state index contributed by atoms with van der Waals surface area (Å²) in [5.41, 5.74) is 0.548. The van der Waals surface area contributed by atoms with Gasteiger partial charge in [-0.05, 0) is 63.6 Å². The number of nitrogens with one attached hydrogen (secondary N) is 2. The van der Waals surface area contributed by atoms with Gasteiger partial charge in [-0.3, -0.25) is 9.59 Å². The van der Waals surface area contributed by atoms with Crippen molar-refractivity contribution >= 4 is 11.8 Å². The molecule has 28 heavy (non-hydrogen) atoms. The Bertz CT molecular complexity index is 718. The van der Waals surface area contributed by atoms with E-state index in [1.54, 1.807) is 7.11 Å². The highest BCUT2D eigenvalue weighted by Crippen LogP contribution is 2.31. The fourth-order valence-electron chi connectivity index (χ4n) is 4.36. The van der Waals surface area contributed by atoms with Gasteiger partial charge in [0.25, 0.3) is 0 Å². The lowest BCUT2D eigenvalue weighted by Crippen LogP contribution is -2.47. The Morgan fingerprint density at radius 1 is 1.39 bits per heavy atom. The lowest BCUT2D eigenvalue weighted by atomic mass is 9.84. The predicted molar refractivity (Wildman–Crippen MR) is 107 cm³/mol. The first-order valence-electron chi connectivity index (χ1n) is 10.2. The fourth-order valence-corrected chi connectivity index (χ4v) is 4.36. The molecule has 2 aliphatic rings. The summed E-state index contributed by atoms with van der Waals surface area (Å²) >= 11 is 0. The molecule has 2 heterocycles. The van der Waals surface area contributed by atoms with E-state index in [1.165, 1.54) is 0 Å². The number of carbonyl (C=O) groups excluding carboxylic acids is 2. The van der Waals surface area contributed by atoms with Crippen molar-refractivity contribution in [2.45, 2.75) is 76.0 Å². The van der Waals surface area contributed by atoms with Crippen molar-refractivity contribution in [1.29, 1.82) is 0 Å². The quantitative estimate of drug-likeness (QED) is 0.753. The van der Waals surface area contributed by atoms with Gasteiger partial charge in [0.2, 0.25) is 11.8 Å². The molecule has 0 radical (unpaired) electrons. The van der Waals surface area contributed by atoms with Crippen LogP contribution in [-0.2, 0) is 20.7 Å². The summed E-state index contributed by atoms with van der Waals surface area (Å²) < 4.78 is 11.0. The lowest BCUT2D eigenvalue weighted by Gasteiger charge is -2.36. The van der Waals surface area contributed by atoms with Gasteiger partial charge < -0.3 is 20.1 Å². The monoisotopic (exact) mass is 388 g/mol. The molecular formula is C22H32N2O4. The molecule has 2 N–H and O–H groups in total. The topological polar surface area (TPSA) is 76.7 Å². The van der Waals surface area contributed by atoms with Crippen LogP contribution in [0.4, 0.5) is 0 Å². The van der Waals surface area contributed by atoms with E-state index in [4.69, 9.17) is 9.47 Å². The Hall–Kier alpha value is -2.08. The highest BCUT2D eigenvalue weighted by molar-refractivity contribution is 5.80. The van der Waals surface area contributed by atoms with Crippen LogP contribution in [0, 0.1) is 0 Å². The third-order valence-corrected chi connectivity index (χ3v) is 5.80. The summed E-state index contributed by atoms with van der Waals surface area (Å²) in [5, 5.41) is 6.30. The summed E-state index contributed by atoms with van der Waals surface area (Å²) in [5.74, 6) is 0.917. The molecule has 2 fully saturated rings. The van der Waals surface area contributed by atoms with E-state index < -0.39 is 0 Å². The standard InChI is InChI=1S/C22H32N2O4/c1-21(2)15-17(9-12-28-21)23-19(25)7-10-22(11-8-20(26)24-22)14-16-5-4-6-18(13-16)27-3/h4-6,13,17H,7-12,14-15H2,1-3H3,(H,23,25)(H,24,26). The zero-order chi connectivity index (χ0) is 20.2. The van der Waals surface area contributed by atoms with Crippen LogP contribution in [0.2, 0.25) is 0 Å². The number of hydrogen-bond acceptors (Lipinski definition) is 4. The van der Waals surface area contributed by atoms with Crippen LogP contribution in [0.1, 0.15) is 57.9 Å². The maximum Gasteiger partial charge on any atom is 0.220 e. The van der Waals surface area contributed by atoms with E-state index in [2.05, 4.69) is 24.5 Å². The molecule has 1 aromatic rings. The van der Waals surface area contributed by atoms with Crippen molar-refractivity contribution in [2.24, 2.45) is 0 Å². The van der Waals surface area contributed by atoms with Crippen LogP contribution >= 0.6 is 0 Å². The molecule has 154 valence electrons. The predicted octanol–water partition coefficient (Wildman–Crippen LogP) is 2.74. The van der Waals surface area contributed by atoms with Gasteiger partial charge in [-0.15, -0.1) is 0 Å². The molecule has 0 aromatic heterocycles. The van der Waals surface area contributed by atoms with Gasteiger partial charge in [0.05, 0.1) is 12.7 Å². The first kappa shape index (κ1) is 20.6. The largest absolute Gasteiger partial charge is 0.497 e. The van der Waals surface area contributed by atoms with Gasteiger partial charge >= 0.3 is 0 Å². The molecule has 6 heteroatoms. The van der Waals surface area contributed by atoms with Crippen molar-refractivity contribution in [3.8, 4) is 5.75 Å². The minimum Gasteiger partial charge on any atom is -0.497 e. The van der Waals surface area contributed by atoms with Crippen LogP contribution in [0.3, 0.4) is 0 Å². The average molecular weight is 389 g/mol. The highest BCUT2D eigenvalue weighted by Gasteiger charge is 2.38. The second-order valence-corrected chi connectivity index (χ2v) is 8.72. The zero-order valence-corrected chi connectivity index (χ0v) is 17.2. The van der Waals surface area contributed by atoms with Crippen LogP contribution in [0.15, 0.2) is 24.3 Å². The number of amides is 2. The number of methoxy groups -OCH3 is 1. The Balaban J connectivity index is 1.59. The molecule has 2 atom stereocenters. The van der Waals surface area contributed by atoms with Gasteiger partial charge in [-0.2, -0.15) is 0 Å². The third-order valence-electron chi connectivity index (χ3n) is 5.80. The molecule has 0 spiro atoms. The highest BCUT2D eigenvalue weighted by atomic mass is 16.5. The Kier molecular flexibility index (Phi) is 6.28. The van der Waals surface area contributed by atoms with E-state index >= 15 is 0 Å². The van der Waals surface area contributed by atoms with Gasteiger partial charge in [-0.1, -0.05) is 12.1 Å². The fraction of sp³-hybridized carbons (Fsp3) is 0.636. The third kappa shape index (κ3) is 5.47. The number of benzene rings is 1. The van der Waals surface area contributed by atoms with Gasteiger partial charge in [0.15, 0.2) is 0 Å². The summed E-state index contributed by atoms with van der Waals surface area (Å²) in [6.07, 6.45) is 4.68. The molecule has 2 saturated heterocycles. The maximum absolute atomic E-state index is 12.6. The van der Waals surface area contributed by atoms with Gasteiger partial charge in [-0.25, -0.2) is 0 Å². The summed E-state index contributed by atoms with van der Waals surface area (Å²) in [7, 11) is 1.65. The van der Waals surface area contributed by atoms with Gasteiger partial charge in [0.1, 0.15) is 5.75 Å². The van der Waals surface area contributed by atoms with E-state index in [0.717, 1.165) is 30.6 Å². The molecule has 0 bridgehead atoms. The van der Waals surface area contributed by atoms with Crippen molar-refractivity contribution in [1.82, 2.24) is 10.6 Å². The van der Waals surface area contributed by atoms with E-state index in [0.29, 0.717) is 32.3 Å². The van der Waals surface area contributed by atoms with Crippen LogP contribution in [0.25, 0.3) is 0 Å². The van der Waals surface area contributed by atoms with Crippen molar-refractivity contribution in [2.75, 3.05) is 13.7 Å². The van der Waals surface area contributed by atoms with Crippen molar-refractivity contribution < 1.29 is 19.1 Å². The summed E-state index contributed by atoms with van der Waals surface area (Å²) in [6, 6.07) is 8.06. The minimum atomic E-state index is -0.365. The van der Waals surface area contributed by atoms with Crippen LogP contribution < -0.4 is 15.4 Å². The molecule has 0 aliphatic carbocycles. The first-order chi connectivity index (χ1) is 13.3. The van der Waals surface area contributed by atoms with E-state index in [-0.39, 0.29) is 29.0 Å². The molecule has 6 nitrogen and oxygen atoms in total. The first-order valence-corrected chi connectivity index (χ1v) is 10.2. The average Bonchev–Trinajstić information content (AvgIpc) is 3.00. The second kappa shape index (κ2) is 8.52. The number of ether oxygens (including phenoxy) is 2. The number of rotatable bonds is 7. The second-order valence-electron chi connectivity index (χ2n) is 8.72. The molecular weight excluding hydrogens is 356 g/mol. The van der Waals surface area contributed by atoms with Crippen LogP contribution in [0.5, 0.6) is 5.75 Å². The maximum atomic E-state index is 12.6. The molecule has 2 amide bonds. The smallest absolute Gasteiger partial charge is 0.220 e. The number of carbonyl (C=O) groups is 2. The molecule has 0 saturated carbocycles. The molecule has 3 rings (SSSR count). The lowest BCUT2D eigenvalue weighted by molar-refractivity contribution is -0.125. The van der Waals surface area contributed by atoms with Crippen molar-refractivity contribution in [3.63, 3.8) is 0 Å². The van der Waals surface area contributed by atoms with Gasteiger partial charge in [0, 0.05) is 31.0 Å². The molecule has 2 aliphatic heterocycles. The summed E-state index contributed by atoms with van der Waals surface area (Å²) in [4.78, 5) is 24.5. The Morgan fingerprint density at radius 2 is 2.21 bits per heavy atom. The molecule has 2 unspecified atom stereocenters.